The van der Waals surface area contributed by atoms with Crippen molar-refractivity contribution in [1.82, 2.24) is 14.7 Å². The Bertz CT molecular complexity index is 1130. The molecular formula is C25H23ClN4O. The molecule has 6 heteroatoms. The number of fused-ring (bicyclic) bond motifs is 2. The Labute approximate surface area is 187 Å². The van der Waals surface area contributed by atoms with E-state index in [-0.39, 0.29) is 5.91 Å². The van der Waals surface area contributed by atoms with Crippen LogP contribution in [0.1, 0.15) is 23.1 Å². The van der Waals surface area contributed by atoms with Crippen molar-refractivity contribution in [3.05, 3.63) is 81.5 Å². The maximum Gasteiger partial charge on any atom is 0.259 e. The summed E-state index contributed by atoms with van der Waals surface area (Å²) >= 11 is 6.03. The van der Waals surface area contributed by atoms with Crippen LogP contribution in [0.15, 0.2) is 64.8 Å². The molecule has 0 bridgehead atoms. The Morgan fingerprint density at radius 2 is 1.90 bits per heavy atom. The number of hydrogen-bond acceptors (Lipinski definition) is 4. The number of nitrogens with zero attached hydrogens (tertiary/aromatic N) is 4. The number of carbonyl (C=O) groups excluding carboxylic acids is 1. The van der Waals surface area contributed by atoms with Crippen molar-refractivity contribution in [2.45, 2.75) is 19.5 Å². The van der Waals surface area contributed by atoms with Crippen LogP contribution in [0.5, 0.6) is 0 Å². The predicted molar refractivity (Wildman–Crippen MR) is 122 cm³/mol. The number of terminal acetylenes is 1. The van der Waals surface area contributed by atoms with Gasteiger partial charge in [0.25, 0.3) is 5.91 Å². The first kappa shape index (κ1) is 19.9. The Morgan fingerprint density at radius 3 is 2.71 bits per heavy atom. The van der Waals surface area contributed by atoms with E-state index in [9.17, 15) is 4.79 Å². The van der Waals surface area contributed by atoms with Crippen LogP contribution in [0.25, 0.3) is 0 Å². The fraction of sp³-hybridized carbons (Fsp3) is 0.280. The fourth-order valence-electron chi connectivity index (χ4n) is 4.54. The van der Waals surface area contributed by atoms with Crippen molar-refractivity contribution in [1.29, 1.82) is 0 Å². The number of hydrogen-bond donors (Lipinski definition) is 0. The molecule has 3 aliphatic rings. The predicted octanol–water partition coefficient (Wildman–Crippen LogP) is 3.50. The van der Waals surface area contributed by atoms with Gasteiger partial charge in [-0.15, -0.1) is 6.42 Å². The van der Waals surface area contributed by atoms with E-state index in [0.717, 1.165) is 61.0 Å². The second-order valence-corrected chi connectivity index (χ2v) is 8.52. The molecular weight excluding hydrogens is 408 g/mol. The van der Waals surface area contributed by atoms with E-state index in [1.807, 2.05) is 47.4 Å². The van der Waals surface area contributed by atoms with Gasteiger partial charge in [-0.05, 0) is 35.4 Å². The second kappa shape index (κ2) is 8.22. The second-order valence-electron chi connectivity index (χ2n) is 8.08. The van der Waals surface area contributed by atoms with Crippen LogP contribution >= 0.6 is 11.6 Å². The highest BCUT2D eigenvalue weighted by Gasteiger charge is 2.40. The van der Waals surface area contributed by atoms with Gasteiger partial charge in [-0.1, -0.05) is 41.8 Å². The minimum atomic E-state index is 0.0592. The zero-order valence-electron chi connectivity index (χ0n) is 17.2. The Balaban J connectivity index is 1.39. The van der Waals surface area contributed by atoms with E-state index in [0.29, 0.717) is 18.1 Å². The number of amides is 1. The van der Waals surface area contributed by atoms with Gasteiger partial charge in [-0.3, -0.25) is 19.6 Å². The molecule has 0 aliphatic carbocycles. The van der Waals surface area contributed by atoms with Crippen LogP contribution in [-0.2, 0) is 17.9 Å². The standard InChI is InChI=1S/C25H23ClN4O/c1-2-18-4-3-5-20(14-18)15-28-12-10-23-22(17-28)24(31)30(25-27-11-13-29(23)25)16-19-6-8-21(26)9-7-19/h1,3-9,14H,10-13,15-17H2. The SMILES string of the molecule is C#Cc1cccc(CN2CCC3=C(C2)C(=O)N(Cc2ccc(Cl)cc2)C2=NCCN23)c1. The number of halogens is 1. The van der Waals surface area contributed by atoms with Crippen LogP contribution in [0.3, 0.4) is 0 Å². The maximum atomic E-state index is 13.6. The third-order valence-corrected chi connectivity index (χ3v) is 6.29. The number of aliphatic imine (C=N–C) groups is 1. The molecule has 0 unspecified atom stereocenters. The third-order valence-electron chi connectivity index (χ3n) is 6.04. The minimum Gasteiger partial charge on any atom is -0.314 e. The third kappa shape index (κ3) is 3.85. The van der Waals surface area contributed by atoms with Gasteiger partial charge < -0.3 is 4.90 Å². The normalized spacial score (nSPS) is 18.6. The van der Waals surface area contributed by atoms with E-state index < -0.39 is 0 Å². The van der Waals surface area contributed by atoms with Crippen molar-refractivity contribution in [3.63, 3.8) is 0 Å². The van der Waals surface area contributed by atoms with Crippen molar-refractivity contribution >= 4 is 23.5 Å². The highest BCUT2D eigenvalue weighted by Crippen LogP contribution is 2.32. The first-order chi connectivity index (χ1) is 15.1. The van der Waals surface area contributed by atoms with Gasteiger partial charge in [0.1, 0.15) is 0 Å². The largest absolute Gasteiger partial charge is 0.314 e. The van der Waals surface area contributed by atoms with Crippen LogP contribution in [0.4, 0.5) is 0 Å². The molecule has 0 fully saturated rings. The van der Waals surface area contributed by atoms with Crippen molar-refractivity contribution in [2.75, 3.05) is 26.2 Å². The molecule has 0 radical (unpaired) electrons. The Hall–Kier alpha value is -3.07. The van der Waals surface area contributed by atoms with Gasteiger partial charge >= 0.3 is 0 Å². The summed E-state index contributed by atoms with van der Waals surface area (Å²) in [6.07, 6.45) is 6.40. The average molecular weight is 431 g/mol. The molecule has 0 atom stereocenters. The molecule has 0 spiro atoms. The average Bonchev–Trinajstić information content (AvgIpc) is 3.28. The molecule has 5 rings (SSSR count). The lowest BCUT2D eigenvalue weighted by atomic mass is 9.99. The first-order valence-corrected chi connectivity index (χ1v) is 10.9. The minimum absolute atomic E-state index is 0.0592. The van der Waals surface area contributed by atoms with Crippen LogP contribution in [0, 0.1) is 12.3 Å². The van der Waals surface area contributed by atoms with Gasteiger partial charge in [0.15, 0.2) is 0 Å². The highest BCUT2D eigenvalue weighted by atomic mass is 35.5. The molecule has 2 aromatic carbocycles. The van der Waals surface area contributed by atoms with Crippen LogP contribution < -0.4 is 0 Å². The zero-order valence-corrected chi connectivity index (χ0v) is 18.0. The molecule has 0 saturated carbocycles. The first-order valence-electron chi connectivity index (χ1n) is 10.5. The summed E-state index contributed by atoms with van der Waals surface area (Å²) in [7, 11) is 0. The van der Waals surface area contributed by atoms with E-state index in [1.165, 1.54) is 5.56 Å². The van der Waals surface area contributed by atoms with Gasteiger partial charge in [0, 0.05) is 48.9 Å². The van der Waals surface area contributed by atoms with Crippen molar-refractivity contribution in [2.24, 2.45) is 4.99 Å². The lowest BCUT2D eigenvalue weighted by molar-refractivity contribution is -0.125. The van der Waals surface area contributed by atoms with E-state index in [4.69, 9.17) is 18.0 Å². The van der Waals surface area contributed by atoms with Crippen molar-refractivity contribution in [3.8, 4) is 12.3 Å². The van der Waals surface area contributed by atoms with E-state index >= 15 is 0 Å². The molecule has 3 heterocycles. The molecule has 0 N–H and O–H groups in total. The van der Waals surface area contributed by atoms with E-state index in [2.05, 4.69) is 26.8 Å². The summed E-state index contributed by atoms with van der Waals surface area (Å²) in [4.78, 5) is 24.6. The van der Waals surface area contributed by atoms with Gasteiger partial charge in [0.05, 0.1) is 18.7 Å². The lowest BCUT2D eigenvalue weighted by Crippen LogP contribution is -2.53. The molecule has 31 heavy (non-hydrogen) atoms. The summed E-state index contributed by atoms with van der Waals surface area (Å²) in [5.74, 6) is 3.54. The van der Waals surface area contributed by atoms with Gasteiger partial charge in [0.2, 0.25) is 5.96 Å². The van der Waals surface area contributed by atoms with Crippen molar-refractivity contribution < 1.29 is 4.79 Å². The molecule has 5 nitrogen and oxygen atoms in total. The van der Waals surface area contributed by atoms with Crippen LogP contribution in [0.2, 0.25) is 5.02 Å². The number of carbonyl (C=O) groups is 1. The zero-order chi connectivity index (χ0) is 21.4. The smallest absolute Gasteiger partial charge is 0.259 e. The highest BCUT2D eigenvalue weighted by molar-refractivity contribution is 6.30. The summed E-state index contributed by atoms with van der Waals surface area (Å²) in [6, 6.07) is 15.7. The fourth-order valence-corrected chi connectivity index (χ4v) is 4.67. The monoisotopic (exact) mass is 430 g/mol. The molecule has 0 saturated heterocycles. The topological polar surface area (TPSA) is 39.2 Å². The number of guanidine groups is 1. The summed E-state index contributed by atoms with van der Waals surface area (Å²) in [5, 5.41) is 0.690. The molecule has 1 amide bonds. The maximum absolute atomic E-state index is 13.6. The quantitative estimate of drug-likeness (QED) is 0.697. The summed E-state index contributed by atoms with van der Waals surface area (Å²) in [5.41, 5.74) is 5.12. The molecule has 156 valence electrons. The number of rotatable bonds is 4. The Kier molecular flexibility index (Phi) is 5.27. The number of benzene rings is 2. The lowest BCUT2D eigenvalue weighted by Gasteiger charge is -2.42. The molecule has 0 aromatic heterocycles. The molecule has 2 aromatic rings. The molecule has 3 aliphatic heterocycles. The van der Waals surface area contributed by atoms with Gasteiger partial charge in [-0.25, -0.2) is 0 Å². The summed E-state index contributed by atoms with van der Waals surface area (Å²) < 4.78 is 0. The van der Waals surface area contributed by atoms with Gasteiger partial charge in [-0.2, -0.15) is 0 Å². The summed E-state index contributed by atoms with van der Waals surface area (Å²) in [6.45, 7) is 4.37. The van der Waals surface area contributed by atoms with Crippen LogP contribution in [-0.4, -0.2) is 52.7 Å². The Morgan fingerprint density at radius 1 is 1.06 bits per heavy atom. The van der Waals surface area contributed by atoms with E-state index in [1.54, 1.807) is 0 Å².